The number of rotatable bonds is 14. The molecule has 0 fully saturated rings. The van der Waals surface area contributed by atoms with Crippen molar-refractivity contribution in [2.24, 2.45) is 0 Å². The van der Waals surface area contributed by atoms with Crippen LogP contribution in [-0.4, -0.2) is 69.1 Å². The maximum Gasteiger partial charge on any atom is 0.271 e. The third kappa shape index (κ3) is 8.45. The third-order valence-corrected chi connectivity index (χ3v) is 6.93. The predicted octanol–water partition coefficient (Wildman–Crippen LogP) is 2.75. The fourth-order valence-corrected chi connectivity index (χ4v) is 4.53. The summed E-state index contributed by atoms with van der Waals surface area (Å²) in [5.74, 6) is -0.938. The van der Waals surface area contributed by atoms with Gasteiger partial charge in [0.1, 0.15) is 24.0 Å². The lowest BCUT2D eigenvalue weighted by Gasteiger charge is -2.31. The van der Waals surface area contributed by atoms with E-state index in [4.69, 9.17) is 4.74 Å². The van der Waals surface area contributed by atoms with E-state index in [1.807, 2.05) is 37.3 Å². The molecular weight excluding hydrogens is 500 g/mol. The molecule has 202 valence electrons. The van der Waals surface area contributed by atoms with E-state index in [1.165, 1.54) is 24.1 Å². The molecular formula is C25H34N4O7S. The SMILES string of the molecule is CCCCNC(=O)[C@@H](C)N(CCc1ccccc1)C(=O)CN(c1cc([N+](=O)[O-])ccc1OC)S(C)(=O)=O. The first-order valence-electron chi connectivity index (χ1n) is 11.9. The van der Waals surface area contributed by atoms with Crippen molar-refractivity contribution in [1.29, 1.82) is 0 Å². The number of ether oxygens (including phenoxy) is 1. The minimum absolute atomic E-state index is 0.0463. The molecule has 0 aromatic heterocycles. The van der Waals surface area contributed by atoms with Crippen molar-refractivity contribution in [3.63, 3.8) is 0 Å². The minimum atomic E-state index is -4.07. The Morgan fingerprint density at radius 2 is 1.84 bits per heavy atom. The normalized spacial score (nSPS) is 11.9. The van der Waals surface area contributed by atoms with Crippen LogP contribution in [0.5, 0.6) is 5.75 Å². The molecule has 37 heavy (non-hydrogen) atoms. The number of benzene rings is 2. The molecule has 0 aliphatic rings. The molecule has 1 atom stereocenters. The number of sulfonamides is 1. The second-order valence-electron chi connectivity index (χ2n) is 8.53. The summed E-state index contributed by atoms with van der Waals surface area (Å²) in [4.78, 5) is 38.4. The van der Waals surface area contributed by atoms with Crippen molar-refractivity contribution in [3.05, 3.63) is 64.2 Å². The molecule has 1 N–H and O–H groups in total. The van der Waals surface area contributed by atoms with E-state index in [-0.39, 0.29) is 29.6 Å². The smallest absolute Gasteiger partial charge is 0.271 e. The number of hydrogen-bond donors (Lipinski definition) is 1. The zero-order valence-corrected chi connectivity index (χ0v) is 22.4. The van der Waals surface area contributed by atoms with Crippen LogP contribution in [0.4, 0.5) is 11.4 Å². The average Bonchev–Trinajstić information content (AvgIpc) is 2.86. The number of nitro groups is 1. The summed E-state index contributed by atoms with van der Waals surface area (Å²) < 4.78 is 31.5. The molecule has 0 saturated carbocycles. The maximum atomic E-state index is 13.6. The molecule has 0 unspecified atom stereocenters. The molecule has 2 rings (SSSR count). The van der Waals surface area contributed by atoms with Gasteiger partial charge in [0.05, 0.1) is 18.3 Å². The summed E-state index contributed by atoms with van der Waals surface area (Å²) in [5.41, 5.74) is 0.441. The zero-order valence-electron chi connectivity index (χ0n) is 21.5. The first kappa shape index (κ1) is 29.6. The van der Waals surface area contributed by atoms with Gasteiger partial charge in [-0.3, -0.25) is 24.0 Å². The monoisotopic (exact) mass is 534 g/mol. The summed E-state index contributed by atoms with van der Waals surface area (Å²) in [7, 11) is -2.78. The number of unbranched alkanes of at least 4 members (excludes halogenated alkanes) is 1. The molecule has 0 saturated heterocycles. The van der Waals surface area contributed by atoms with Crippen molar-refractivity contribution < 1.29 is 27.7 Å². The van der Waals surface area contributed by atoms with Crippen LogP contribution in [0.3, 0.4) is 0 Å². The molecule has 0 bridgehead atoms. The van der Waals surface area contributed by atoms with Gasteiger partial charge in [0, 0.05) is 25.2 Å². The van der Waals surface area contributed by atoms with Crippen molar-refractivity contribution in [2.75, 3.05) is 37.3 Å². The number of hydrogen-bond acceptors (Lipinski definition) is 7. The maximum absolute atomic E-state index is 13.6. The van der Waals surface area contributed by atoms with Crippen molar-refractivity contribution in [1.82, 2.24) is 10.2 Å². The Bertz CT molecular complexity index is 1190. The van der Waals surface area contributed by atoms with Crippen molar-refractivity contribution in [2.45, 2.75) is 39.2 Å². The van der Waals surface area contributed by atoms with Gasteiger partial charge in [0.2, 0.25) is 21.8 Å². The summed E-state index contributed by atoms with van der Waals surface area (Å²) in [5, 5.41) is 14.1. The number of methoxy groups -OCH3 is 1. The minimum Gasteiger partial charge on any atom is -0.495 e. The molecule has 12 heteroatoms. The quantitative estimate of drug-likeness (QED) is 0.223. The number of carbonyl (C=O) groups is 2. The van der Waals surface area contributed by atoms with Crippen LogP contribution >= 0.6 is 0 Å². The fourth-order valence-electron chi connectivity index (χ4n) is 3.69. The molecule has 0 heterocycles. The second-order valence-corrected chi connectivity index (χ2v) is 10.4. The zero-order chi connectivity index (χ0) is 27.6. The Labute approximate surface area is 217 Å². The van der Waals surface area contributed by atoms with Gasteiger partial charge in [-0.1, -0.05) is 43.7 Å². The first-order valence-corrected chi connectivity index (χ1v) is 13.8. The van der Waals surface area contributed by atoms with Gasteiger partial charge >= 0.3 is 0 Å². The van der Waals surface area contributed by atoms with Crippen LogP contribution in [0.2, 0.25) is 0 Å². The Morgan fingerprint density at radius 3 is 2.41 bits per heavy atom. The number of non-ortho nitro benzene ring substituents is 1. The van der Waals surface area contributed by atoms with Crippen LogP contribution in [0.15, 0.2) is 48.5 Å². The average molecular weight is 535 g/mol. The van der Waals surface area contributed by atoms with Crippen LogP contribution < -0.4 is 14.4 Å². The van der Waals surface area contributed by atoms with Gasteiger partial charge in [-0.2, -0.15) is 0 Å². The first-order chi connectivity index (χ1) is 17.5. The number of nitro benzene ring substituents is 1. The fraction of sp³-hybridized carbons (Fsp3) is 0.440. The van der Waals surface area contributed by atoms with E-state index in [2.05, 4.69) is 5.32 Å². The largest absolute Gasteiger partial charge is 0.495 e. The molecule has 2 amide bonds. The molecule has 11 nitrogen and oxygen atoms in total. The molecule has 0 spiro atoms. The molecule has 2 aromatic rings. The summed E-state index contributed by atoms with van der Waals surface area (Å²) in [6, 6.07) is 12.0. The standard InChI is InChI=1S/C25H34N4O7S/c1-5-6-15-26-25(31)19(2)27(16-14-20-10-8-7-9-11-20)24(30)18-28(37(4,34)35)22-17-21(29(32)33)12-13-23(22)36-3/h7-13,17,19H,5-6,14-16,18H2,1-4H3,(H,26,31)/t19-/m1/s1. The highest BCUT2D eigenvalue weighted by atomic mass is 32.2. The van der Waals surface area contributed by atoms with Crippen molar-refractivity contribution >= 4 is 33.2 Å². The number of carbonyl (C=O) groups excluding carboxylic acids is 2. The molecule has 0 aliphatic carbocycles. The van der Waals surface area contributed by atoms with Gasteiger partial charge < -0.3 is 15.0 Å². The van der Waals surface area contributed by atoms with E-state index >= 15 is 0 Å². The number of amides is 2. The Morgan fingerprint density at radius 1 is 1.16 bits per heavy atom. The van der Waals surface area contributed by atoms with E-state index in [1.54, 1.807) is 6.92 Å². The predicted molar refractivity (Wildman–Crippen MR) is 141 cm³/mol. The Hall–Kier alpha value is -3.67. The lowest BCUT2D eigenvalue weighted by molar-refractivity contribution is -0.384. The lowest BCUT2D eigenvalue weighted by atomic mass is 10.1. The van der Waals surface area contributed by atoms with Crippen LogP contribution in [-0.2, 0) is 26.0 Å². The highest BCUT2D eigenvalue weighted by Gasteiger charge is 2.31. The highest BCUT2D eigenvalue weighted by molar-refractivity contribution is 7.92. The molecule has 0 radical (unpaired) electrons. The Kier molecular flexibility index (Phi) is 10.9. The number of anilines is 1. The van der Waals surface area contributed by atoms with E-state index in [0.29, 0.717) is 13.0 Å². The van der Waals surface area contributed by atoms with Gasteiger partial charge in [0.25, 0.3) is 5.69 Å². The Balaban J connectivity index is 2.40. The number of nitrogens with one attached hydrogen (secondary N) is 1. The molecule has 2 aromatic carbocycles. The topological polar surface area (TPSA) is 139 Å². The van der Waals surface area contributed by atoms with Gasteiger partial charge in [-0.15, -0.1) is 0 Å². The van der Waals surface area contributed by atoms with Gasteiger partial charge in [-0.25, -0.2) is 8.42 Å². The van der Waals surface area contributed by atoms with Gasteiger partial charge in [-0.05, 0) is 31.4 Å². The van der Waals surface area contributed by atoms with Crippen LogP contribution in [0.1, 0.15) is 32.3 Å². The molecule has 0 aliphatic heterocycles. The van der Waals surface area contributed by atoms with E-state index in [9.17, 15) is 28.1 Å². The highest BCUT2D eigenvalue weighted by Crippen LogP contribution is 2.33. The lowest BCUT2D eigenvalue weighted by Crippen LogP contribution is -2.52. The summed E-state index contributed by atoms with van der Waals surface area (Å²) >= 11 is 0. The summed E-state index contributed by atoms with van der Waals surface area (Å²) in [6.07, 6.45) is 3.01. The third-order valence-electron chi connectivity index (χ3n) is 5.80. The van der Waals surface area contributed by atoms with Crippen molar-refractivity contribution in [3.8, 4) is 5.75 Å². The second kappa shape index (κ2) is 13.6. The van der Waals surface area contributed by atoms with Crippen LogP contribution in [0, 0.1) is 10.1 Å². The van der Waals surface area contributed by atoms with E-state index in [0.717, 1.165) is 35.0 Å². The summed E-state index contributed by atoms with van der Waals surface area (Å²) in [6.45, 7) is 3.53. The van der Waals surface area contributed by atoms with Crippen LogP contribution in [0.25, 0.3) is 0 Å². The number of nitrogens with zero attached hydrogens (tertiary/aromatic N) is 3. The van der Waals surface area contributed by atoms with Gasteiger partial charge in [0.15, 0.2) is 0 Å². The van der Waals surface area contributed by atoms with E-state index < -0.39 is 33.4 Å².